The summed E-state index contributed by atoms with van der Waals surface area (Å²) >= 11 is 12.0. The standard InChI is InChI=1S/C22H14Cl2N2O5S/c23-17-5-3-6-18(24)20(17)32(29,30)26-15-10-8-14(9-11-15)25-21(27)16-12-13-4-1-2-7-19(13)31-22(16)28/h1-12,26H,(H,25,27). The number of carbonyl (C=O) groups excluding carboxylic acids is 1. The number of fused-ring (bicyclic) bond motifs is 1. The highest BCUT2D eigenvalue weighted by atomic mass is 35.5. The van der Waals surface area contributed by atoms with Crippen molar-refractivity contribution in [2.75, 3.05) is 10.0 Å². The number of rotatable bonds is 5. The van der Waals surface area contributed by atoms with E-state index in [-0.39, 0.29) is 26.2 Å². The molecule has 0 saturated heterocycles. The first-order chi connectivity index (χ1) is 15.2. The van der Waals surface area contributed by atoms with Gasteiger partial charge in [-0.3, -0.25) is 9.52 Å². The number of anilines is 2. The maximum atomic E-state index is 12.6. The van der Waals surface area contributed by atoms with Gasteiger partial charge in [0.05, 0.1) is 10.0 Å². The van der Waals surface area contributed by atoms with Crippen molar-refractivity contribution in [3.63, 3.8) is 0 Å². The average Bonchev–Trinajstić information content (AvgIpc) is 2.74. The topological polar surface area (TPSA) is 105 Å². The molecule has 0 saturated carbocycles. The maximum absolute atomic E-state index is 12.6. The highest BCUT2D eigenvalue weighted by Crippen LogP contribution is 2.30. The molecule has 0 unspecified atom stereocenters. The van der Waals surface area contributed by atoms with Crippen LogP contribution in [0.3, 0.4) is 0 Å². The predicted molar refractivity (Wildman–Crippen MR) is 124 cm³/mol. The fourth-order valence-electron chi connectivity index (χ4n) is 2.99. The molecule has 0 aliphatic heterocycles. The van der Waals surface area contributed by atoms with Crippen molar-refractivity contribution in [1.29, 1.82) is 0 Å². The predicted octanol–water partition coefficient (Wildman–Crippen LogP) is 5.15. The number of amides is 1. The van der Waals surface area contributed by atoms with E-state index in [9.17, 15) is 18.0 Å². The van der Waals surface area contributed by atoms with Crippen molar-refractivity contribution in [2.45, 2.75) is 4.90 Å². The van der Waals surface area contributed by atoms with E-state index >= 15 is 0 Å². The number of carbonyl (C=O) groups is 1. The van der Waals surface area contributed by atoms with Crippen LogP contribution in [0.15, 0.2) is 86.9 Å². The van der Waals surface area contributed by atoms with Gasteiger partial charge in [-0.25, -0.2) is 13.2 Å². The monoisotopic (exact) mass is 488 g/mol. The zero-order valence-electron chi connectivity index (χ0n) is 16.1. The third-order valence-corrected chi connectivity index (χ3v) is 6.80. The molecule has 1 amide bonds. The minimum atomic E-state index is -4.03. The molecule has 4 aromatic rings. The number of sulfonamides is 1. The summed E-state index contributed by atoms with van der Waals surface area (Å²) in [6, 6.07) is 18.5. The molecule has 1 aromatic heterocycles. The lowest BCUT2D eigenvalue weighted by Gasteiger charge is -2.12. The Hall–Kier alpha value is -3.33. The van der Waals surface area contributed by atoms with E-state index in [1.165, 1.54) is 48.5 Å². The second-order valence-corrected chi connectivity index (χ2v) is 9.11. The molecular weight excluding hydrogens is 475 g/mol. The second kappa shape index (κ2) is 8.66. The zero-order valence-corrected chi connectivity index (χ0v) is 18.5. The van der Waals surface area contributed by atoms with E-state index in [1.54, 1.807) is 24.3 Å². The van der Waals surface area contributed by atoms with Crippen LogP contribution in [-0.2, 0) is 10.0 Å². The number of halogens is 2. The first-order valence-corrected chi connectivity index (χ1v) is 11.4. The Morgan fingerprint density at radius 1 is 0.844 bits per heavy atom. The molecule has 0 fully saturated rings. The van der Waals surface area contributed by atoms with E-state index in [0.717, 1.165) is 0 Å². The Labute approximate surface area is 192 Å². The molecule has 0 aliphatic carbocycles. The number of benzene rings is 3. The van der Waals surface area contributed by atoms with Gasteiger partial charge in [-0.2, -0.15) is 0 Å². The van der Waals surface area contributed by atoms with Crippen LogP contribution in [0.2, 0.25) is 10.0 Å². The summed E-state index contributed by atoms with van der Waals surface area (Å²) in [5.74, 6) is -0.652. The highest BCUT2D eigenvalue weighted by molar-refractivity contribution is 7.93. The zero-order chi connectivity index (χ0) is 22.9. The minimum absolute atomic E-state index is 0.0110. The largest absolute Gasteiger partial charge is 0.422 e. The molecule has 10 heteroatoms. The summed E-state index contributed by atoms with van der Waals surface area (Å²) in [6.45, 7) is 0. The van der Waals surface area contributed by atoms with Crippen LogP contribution in [0.4, 0.5) is 11.4 Å². The SMILES string of the molecule is O=C(Nc1ccc(NS(=O)(=O)c2c(Cl)cccc2Cl)cc1)c1cc2ccccc2oc1=O. The van der Waals surface area contributed by atoms with E-state index < -0.39 is 21.6 Å². The van der Waals surface area contributed by atoms with Crippen molar-refractivity contribution in [3.8, 4) is 0 Å². The molecule has 0 atom stereocenters. The summed E-state index contributed by atoms with van der Waals surface area (Å²) in [6.07, 6.45) is 0. The summed E-state index contributed by atoms with van der Waals surface area (Å²) in [5, 5.41) is 3.17. The number of hydrogen-bond acceptors (Lipinski definition) is 5. The van der Waals surface area contributed by atoms with E-state index in [2.05, 4.69) is 10.0 Å². The first-order valence-electron chi connectivity index (χ1n) is 9.16. The van der Waals surface area contributed by atoms with Crippen LogP contribution < -0.4 is 15.7 Å². The molecule has 0 radical (unpaired) electrons. The van der Waals surface area contributed by atoms with Crippen molar-refractivity contribution in [2.24, 2.45) is 0 Å². The molecule has 32 heavy (non-hydrogen) atoms. The third-order valence-electron chi connectivity index (χ3n) is 4.47. The van der Waals surface area contributed by atoms with Gasteiger partial charge in [0.1, 0.15) is 16.0 Å². The lowest BCUT2D eigenvalue weighted by molar-refractivity contribution is 0.102. The molecule has 0 spiro atoms. The summed E-state index contributed by atoms with van der Waals surface area (Å²) in [5.41, 5.74) is 0.0406. The fraction of sp³-hybridized carbons (Fsp3) is 0. The van der Waals surface area contributed by atoms with Crippen molar-refractivity contribution < 1.29 is 17.6 Å². The van der Waals surface area contributed by atoms with E-state index in [1.807, 2.05) is 0 Å². The molecule has 4 rings (SSSR count). The summed E-state index contributed by atoms with van der Waals surface area (Å²) in [4.78, 5) is 24.4. The Morgan fingerprint density at radius 3 is 2.16 bits per heavy atom. The van der Waals surface area contributed by atoms with Crippen molar-refractivity contribution >= 4 is 61.5 Å². The van der Waals surface area contributed by atoms with Gasteiger partial charge in [0, 0.05) is 16.8 Å². The quantitative estimate of drug-likeness (QED) is 0.377. The van der Waals surface area contributed by atoms with Gasteiger partial charge in [0.2, 0.25) is 0 Å². The molecule has 3 aromatic carbocycles. The average molecular weight is 489 g/mol. The van der Waals surface area contributed by atoms with Crippen molar-refractivity contribution in [3.05, 3.63) is 98.8 Å². The molecule has 0 bridgehead atoms. The Bertz CT molecular complexity index is 1480. The smallest absolute Gasteiger partial charge is 0.349 e. The maximum Gasteiger partial charge on any atom is 0.349 e. The van der Waals surface area contributed by atoms with Crippen LogP contribution in [0.25, 0.3) is 11.0 Å². The Balaban J connectivity index is 1.53. The highest BCUT2D eigenvalue weighted by Gasteiger charge is 2.21. The molecule has 0 aliphatic rings. The lowest BCUT2D eigenvalue weighted by Crippen LogP contribution is -2.20. The lowest BCUT2D eigenvalue weighted by atomic mass is 10.1. The van der Waals surface area contributed by atoms with Crippen molar-refractivity contribution in [1.82, 2.24) is 0 Å². The van der Waals surface area contributed by atoms with Crippen LogP contribution in [-0.4, -0.2) is 14.3 Å². The van der Waals surface area contributed by atoms with Gasteiger partial charge in [0.15, 0.2) is 0 Å². The molecule has 2 N–H and O–H groups in total. The van der Waals surface area contributed by atoms with Gasteiger partial charge in [0.25, 0.3) is 15.9 Å². The first kappa shape index (κ1) is 21.9. The number of para-hydroxylation sites is 1. The number of nitrogens with one attached hydrogen (secondary N) is 2. The van der Waals surface area contributed by atoms with Crippen LogP contribution in [0, 0.1) is 0 Å². The van der Waals surface area contributed by atoms with Gasteiger partial charge >= 0.3 is 5.63 Å². The molecule has 7 nitrogen and oxygen atoms in total. The summed E-state index contributed by atoms with van der Waals surface area (Å²) < 4.78 is 32.8. The number of hydrogen-bond donors (Lipinski definition) is 2. The second-order valence-electron chi connectivity index (χ2n) is 6.67. The molecule has 1 heterocycles. The van der Waals surface area contributed by atoms with Crippen LogP contribution in [0.1, 0.15) is 10.4 Å². The minimum Gasteiger partial charge on any atom is -0.422 e. The normalized spacial score (nSPS) is 11.3. The third kappa shape index (κ3) is 4.47. The van der Waals surface area contributed by atoms with E-state index in [4.69, 9.17) is 27.6 Å². The van der Waals surface area contributed by atoms with Crippen LogP contribution >= 0.6 is 23.2 Å². The van der Waals surface area contributed by atoms with Gasteiger partial charge in [-0.05, 0) is 48.5 Å². The fourth-order valence-corrected chi connectivity index (χ4v) is 5.19. The van der Waals surface area contributed by atoms with E-state index in [0.29, 0.717) is 16.7 Å². The van der Waals surface area contributed by atoms with Gasteiger partial charge in [-0.1, -0.05) is 47.5 Å². The van der Waals surface area contributed by atoms with Gasteiger partial charge < -0.3 is 9.73 Å². The Morgan fingerprint density at radius 2 is 1.47 bits per heavy atom. The Kier molecular flexibility index (Phi) is 5.92. The summed E-state index contributed by atoms with van der Waals surface area (Å²) in [7, 11) is -4.03. The molecule has 162 valence electrons. The van der Waals surface area contributed by atoms with Gasteiger partial charge in [-0.15, -0.1) is 0 Å². The van der Waals surface area contributed by atoms with Crippen LogP contribution in [0.5, 0.6) is 0 Å². The molecular formula is C22H14Cl2N2O5S.